The molecule has 7 nitrogen and oxygen atoms in total. The average Bonchev–Trinajstić information content (AvgIpc) is 3.02. The van der Waals surface area contributed by atoms with E-state index in [1.807, 2.05) is 0 Å². The van der Waals surface area contributed by atoms with Gasteiger partial charge in [0.1, 0.15) is 18.1 Å². The van der Waals surface area contributed by atoms with Crippen LogP contribution in [0.1, 0.15) is 29.6 Å². The predicted molar refractivity (Wildman–Crippen MR) is 74.5 cm³/mol. The van der Waals surface area contributed by atoms with Crippen LogP contribution in [0.4, 0.5) is 0 Å². The lowest BCUT2D eigenvalue weighted by atomic mass is 9.98. The Balaban J connectivity index is 2.51. The summed E-state index contributed by atoms with van der Waals surface area (Å²) in [5.41, 5.74) is -0.616. The van der Waals surface area contributed by atoms with Gasteiger partial charge in [-0.1, -0.05) is 0 Å². The van der Waals surface area contributed by atoms with Crippen molar-refractivity contribution >= 4 is 5.97 Å². The van der Waals surface area contributed by atoms with Gasteiger partial charge in [0, 0.05) is 13.2 Å². The van der Waals surface area contributed by atoms with Gasteiger partial charge in [-0.25, -0.2) is 0 Å². The van der Waals surface area contributed by atoms with Gasteiger partial charge in [-0.15, -0.1) is 0 Å². The lowest BCUT2D eigenvalue weighted by molar-refractivity contribution is -0.141. The van der Waals surface area contributed by atoms with Crippen LogP contribution in [0.25, 0.3) is 0 Å². The zero-order valence-corrected chi connectivity index (χ0v) is 12.2. The van der Waals surface area contributed by atoms with E-state index in [1.165, 1.54) is 20.5 Å². The smallest absolute Gasteiger partial charge is 0.306 e. The van der Waals surface area contributed by atoms with E-state index in [4.69, 9.17) is 13.6 Å². The first-order valence-electron chi connectivity index (χ1n) is 6.51. The number of hydrogen-bond acceptors (Lipinski definition) is 7. The molecular weight excluding hydrogens is 292 g/mol. The first-order valence-corrected chi connectivity index (χ1v) is 6.51. The van der Waals surface area contributed by atoms with Crippen molar-refractivity contribution in [3.63, 3.8) is 0 Å². The molecular formula is C15H16O7. The van der Waals surface area contributed by atoms with Crippen LogP contribution in [0.15, 0.2) is 38.1 Å². The molecule has 118 valence electrons. The number of carbonyl (C=O) groups is 1. The van der Waals surface area contributed by atoms with Crippen molar-refractivity contribution in [2.45, 2.75) is 18.9 Å². The highest BCUT2D eigenvalue weighted by atomic mass is 16.5. The standard InChI is InChI=1S/C15H16O7/c1-19-8-9-6-11(16)14(18)15(22-9)10(7-13(17)20-2)12-4-3-5-21-12/h3-6,10,18H,7-8H2,1-2H3. The van der Waals surface area contributed by atoms with Crippen LogP contribution in [-0.2, 0) is 20.9 Å². The van der Waals surface area contributed by atoms with Crippen molar-refractivity contribution in [3.8, 4) is 5.75 Å². The van der Waals surface area contributed by atoms with E-state index in [9.17, 15) is 14.7 Å². The van der Waals surface area contributed by atoms with E-state index in [0.29, 0.717) is 5.76 Å². The van der Waals surface area contributed by atoms with E-state index >= 15 is 0 Å². The summed E-state index contributed by atoms with van der Waals surface area (Å²) in [6.07, 6.45) is 1.28. The van der Waals surface area contributed by atoms with E-state index < -0.39 is 23.1 Å². The fourth-order valence-electron chi connectivity index (χ4n) is 2.07. The molecule has 2 aromatic heterocycles. The third-order valence-corrected chi connectivity index (χ3v) is 3.09. The average molecular weight is 308 g/mol. The normalized spacial score (nSPS) is 12.1. The summed E-state index contributed by atoms with van der Waals surface area (Å²) in [5, 5.41) is 10.0. The molecule has 1 N–H and O–H groups in total. The zero-order valence-electron chi connectivity index (χ0n) is 12.2. The summed E-state index contributed by atoms with van der Waals surface area (Å²) >= 11 is 0. The van der Waals surface area contributed by atoms with Crippen molar-refractivity contribution in [2.75, 3.05) is 14.2 Å². The Hall–Kier alpha value is -2.54. The van der Waals surface area contributed by atoms with Gasteiger partial charge in [-0.3, -0.25) is 9.59 Å². The highest BCUT2D eigenvalue weighted by molar-refractivity contribution is 5.71. The topological polar surface area (TPSA) is 99.1 Å². The van der Waals surface area contributed by atoms with Crippen LogP contribution in [0.2, 0.25) is 0 Å². The number of carbonyl (C=O) groups excluding carboxylic acids is 1. The minimum absolute atomic E-state index is 0.0556. The van der Waals surface area contributed by atoms with Gasteiger partial charge in [0.25, 0.3) is 0 Å². The number of hydrogen-bond donors (Lipinski definition) is 1. The Morgan fingerprint density at radius 3 is 2.77 bits per heavy atom. The first-order chi connectivity index (χ1) is 10.6. The molecule has 0 bridgehead atoms. The lowest BCUT2D eigenvalue weighted by Gasteiger charge is -2.14. The summed E-state index contributed by atoms with van der Waals surface area (Å²) < 4.78 is 20.4. The van der Waals surface area contributed by atoms with Gasteiger partial charge in [0.05, 0.1) is 25.7 Å². The molecule has 0 fully saturated rings. The van der Waals surface area contributed by atoms with Crippen LogP contribution in [-0.4, -0.2) is 25.3 Å². The van der Waals surface area contributed by atoms with Crippen LogP contribution in [0, 0.1) is 0 Å². The van der Waals surface area contributed by atoms with Crippen molar-refractivity contribution < 1.29 is 28.2 Å². The highest BCUT2D eigenvalue weighted by Gasteiger charge is 2.28. The van der Waals surface area contributed by atoms with Crippen molar-refractivity contribution in [1.29, 1.82) is 0 Å². The summed E-state index contributed by atoms with van der Waals surface area (Å²) in [7, 11) is 2.70. The van der Waals surface area contributed by atoms with Gasteiger partial charge >= 0.3 is 5.97 Å². The first kappa shape index (κ1) is 15.8. The molecule has 0 aliphatic carbocycles. The minimum atomic E-state index is -0.771. The quantitative estimate of drug-likeness (QED) is 0.812. The fraction of sp³-hybridized carbons (Fsp3) is 0.333. The second-order valence-corrected chi connectivity index (χ2v) is 4.57. The van der Waals surface area contributed by atoms with Gasteiger partial charge in [-0.05, 0) is 12.1 Å². The molecule has 22 heavy (non-hydrogen) atoms. The summed E-state index contributed by atoms with van der Waals surface area (Å²) in [6.45, 7) is 0.0611. The number of methoxy groups -OCH3 is 2. The van der Waals surface area contributed by atoms with E-state index in [-0.39, 0.29) is 24.5 Å². The maximum Gasteiger partial charge on any atom is 0.306 e. The third-order valence-electron chi connectivity index (χ3n) is 3.09. The van der Waals surface area contributed by atoms with Crippen molar-refractivity contribution in [3.05, 3.63) is 52.0 Å². The van der Waals surface area contributed by atoms with Crippen LogP contribution < -0.4 is 5.43 Å². The maximum atomic E-state index is 11.9. The molecule has 0 saturated heterocycles. The Morgan fingerprint density at radius 1 is 1.41 bits per heavy atom. The molecule has 0 amide bonds. The largest absolute Gasteiger partial charge is 0.502 e. The molecule has 2 aromatic rings. The second kappa shape index (κ2) is 6.95. The van der Waals surface area contributed by atoms with Gasteiger partial charge in [0.15, 0.2) is 5.76 Å². The molecule has 0 aliphatic heterocycles. The molecule has 2 heterocycles. The SMILES string of the molecule is COCc1cc(=O)c(O)c(C(CC(=O)OC)c2ccco2)o1. The number of furan rings is 1. The minimum Gasteiger partial charge on any atom is -0.502 e. The molecule has 0 radical (unpaired) electrons. The van der Waals surface area contributed by atoms with Crippen molar-refractivity contribution in [2.24, 2.45) is 0 Å². The Morgan fingerprint density at radius 2 is 2.18 bits per heavy atom. The Kier molecular flexibility index (Phi) is 5.00. The van der Waals surface area contributed by atoms with Crippen LogP contribution >= 0.6 is 0 Å². The van der Waals surface area contributed by atoms with Gasteiger partial charge in [0.2, 0.25) is 11.2 Å². The third kappa shape index (κ3) is 3.37. The molecule has 1 atom stereocenters. The highest BCUT2D eigenvalue weighted by Crippen LogP contribution is 2.33. The summed E-state index contributed by atoms with van der Waals surface area (Å²) in [5.74, 6) is -1.31. The molecule has 0 saturated carbocycles. The molecule has 0 aromatic carbocycles. The Bertz CT molecular complexity index is 684. The molecule has 1 unspecified atom stereocenters. The fourth-order valence-corrected chi connectivity index (χ4v) is 2.07. The molecule has 0 aliphatic rings. The predicted octanol–water partition coefficient (Wildman–Crippen LogP) is 1.78. The van der Waals surface area contributed by atoms with E-state index in [1.54, 1.807) is 12.1 Å². The van der Waals surface area contributed by atoms with Gasteiger partial charge < -0.3 is 23.4 Å². The summed E-state index contributed by atoms with van der Waals surface area (Å²) in [6, 6.07) is 4.39. The number of ether oxygens (including phenoxy) is 2. The number of esters is 1. The molecule has 0 spiro atoms. The van der Waals surface area contributed by atoms with Gasteiger partial charge in [-0.2, -0.15) is 0 Å². The van der Waals surface area contributed by atoms with Crippen molar-refractivity contribution in [1.82, 2.24) is 0 Å². The monoisotopic (exact) mass is 308 g/mol. The van der Waals surface area contributed by atoms with Crippen LogP contribution in [0.3, 0.4) is 0 Å². The van der Waals surface area contributed by atoms with E-state index in [0.717, 1.165) is 6.07 Å². The maximum absolute atomic E-state index is 11.9. The lowest BCUT2D eigenvalue weighted by Crippen LogP contribution is -2.13. The Labute approximate surface area is 126 Å². The van der Waals surface area contributed by atoms with E-state index in [2.05, 4.69) is 4.74 Å². The summed E-state index contributed by atoms with van der Waals surface area (Å²) in [4.78, 5) is 23.5. The molecule has 2 rings (SSSR count). The second-order valence-electron chi connectivity index (χ2n) is 4.57. The van der Waals surface area contributed by atoms with Crippen LogP contribution in [0.5, 0.6) is 5.75 Å². The number of aromatic hydroxyl groups is 1. The zero-order chi connectivity index (χ0) is 16.1. The number of rotatable bonds is 6. The molecule has 7 heteroatoms.